The van der Waals surface area contributed by atoms with Gasteiger partial charge in [-0.3, -0.25) is 4.79 Å². The van der Waals surface area contributed by atoms with Crippen molar-refractivity contribution >= 4 is 29.7 Å². The van der Waals surface area contributed by atoms with Gasteiger partial charge in [0.05, 0.1) is 0 Å². The molecule has 1 amide bonds. The van der Waals surface area contributed by atoms with E-state index in [1.807, 2.05) is 28.2 Å². The number of nitrogens with two attached hydrogens (primary N) is 1. The van der Waals surface area contributed by atoms with Crippen LogP contribution < -0.4 is 15.5 Å². The molecule has 0 aliphatic carbocycles. The van der Waals surface area contributed by atoms with Gasteiger partial charge in [-0.1, -0.05) is 9.97 Å². The normalized spacial score (nSPS) is 15.1. The average molecular weight is 279 g/mol. The summed E-state index contributed by atoms with van der Waals surface area (Å²) in [6.07, 6.45) is 0. The molecule has 0 saturated heterocycles. The SMILES string of the molecule is CN1C(=O)C[N+](c2nc(N(C)C)nc(N(C)C)n2)=C1N. The monoisotopic (exact) mass is 279 g/mol. The van der Waals surface area contributed by atoms with Crippen molar-refractivity contribution in [1.82, 2.24) is 19.9 Å². The lowest BCUT2D eigenvalue weighted by Gasteiger charge is -2.13. The molecular weight excluding hydrogens is 260 g/mol. The third kappa shape index (κ3) is 2.33. The highest BCUT2D eigenvalue weighted by Gasteiger charge is 2.33. The quantitative estimate of drug-likeness (QED) is 0.668. The van der Waals surface area contributed by atoms with E-state index in [1.165, 1.54) is 4.90 Å². The fourth-order valence-electron chi connectivity index (χ4n) is 1.67. The lowest BCUT2D eigenvalue weighted by atomic mass is 10.6. The van der Waals surface area contributed by atoms with Gasteiger partial charge in [-0.2, -0.15) is 4.98 Å². The Bertz CT molecular complexity index is 554. The van der Waals surface area contributed by atoms with Crippen LogP contribution in [0.4, 0.5) is 17.8 Å². The number of anilines is 2. The minimum Gasteiger partial charge on any atom is -0.338 e. The van der Waals surface area contributed by atoms with Crippen LogP contribution in [0.25, 0.3) is 0 Å². The Labute approximate surface area is 117 Å². The molecule has 108 valence electrons. The number of hydrogen-bond acceptors (Lipinski definition) is 7. The predicted molar refractivity (Wildman–Crippen MR) is 75.2 cm³/mol. The molecule has 0 radical (unpaired) electrons. The van der Waals surface area contributed by atoms with Gasteiger partial charge in [-0.05, 0) is 0 Å². The molecule has 1 aromatic heterocycles. The minimum atomic E-state index is -0.0966. The van der Waals surface area contributed by atoms with E-state index < -0.39 is 0 Å². The van der Waals surface area contributed by atoms with Gasteiger partial charge in [0.1, 0.15) is 6.54 Å². The van der Waals surface area contributed by atoms with Crippen molar-refractivity contribution in [3.8, 4) is 0 Å². The fourth-order valence-corrected chi connectivity index (χ4v) is 1.67. The molecular formula is C11H19N8O+. The summed E-state index contributed by atoms with van der Waals surface area (Å²) < 4.78 is 1.57. The van der Waals surface area contributed by atoms with E-state index >= 15 is 0 Å². The lowest BCUT2D eigenvalue weighted by Crippen LogP contribution is -2.35. The Balaban J connectivity index is 2.54. The average Bonchev–Trinajstić information content (AvgIpc) is 2.66. The highest BCUT2D eigenvalue weighted by molar-refractivity contribution is 5.98. The zero-order chi connectivity index (χ0) is 15.0. The van der Waals surface area contributed by atoms with Crippen LogP contribution in [0, 0.1) is 0 Å². The fraction of sp³-hybridized carbons (Fsp3) is 0.545. The Morgan fingerprint density at radius 1 is 1.10 bits per heavy atom. The molecule has 0 aromatic carbocycles. The first kappa shape index (κ1) is 14.0. The summed E-state index contributed by atoms with van der Waals surface area (Å²) in [4.78, 5) is 29.6. The first-order valence-electron chi connectivity index (χ1n) is 6.08. The van der Waals surface area contributed by atoms with Gasteiger partial charge < -0.3 is 15.5 Å². The van der Waals surface area contributed by atoms with Gasteiger partial charge in [-0.25, -0.2) is 9.48 Å². The first-order valence-corrected chi connectivity index (χ1v) is 6.08. The maximum atomic E-state index is 11.7. The van der Waals surface area contributed by atoms with Crippen molar-refractivity contribution in [2.45, 2.75) is 0 Å². The van der Waals surface area contributed by atoms with Gasteiger partial charge in [0.15, 0.2) is 0 Å². The van der Waals surface area contributed by atoms with Crippen LogP contribution in [0.15, 0.2) is 0 Å². The predicted octanol–water partition coefficient (Wildman–Crippen LogP) is -1.57. The first-order chi connectivity index (χ1) is 9.31. The molecule has 0 atom stereocenters. The molecule has 0 spiro atoms. The van der Waals surface area contributed by atoms with Crippen LogP contribution >= 0.6 is 0 Å². The van der Waals surface area contributed by atoms with Crippen molar-refractivity contribution < 1.29 is 9.37 Å². The Hall–Kier alpha value is -2.45. The number of rotatable bonds is 3. The molecule has 2 heterocycles. The van der Waals surface area contributed by atoms with Crippen LogP contribution in [0.2, 0.25) is 0 Å². The molecule has 2 rings (SSSR count). The van der Waals surface area contributed by atoms with Crippen LogP contribution in [-0.2, 0) is 4.79 Å². The molecule has 0 unspecified atom stereocenters. The van der Waals surface area contributed by atoms with Crippen molar-refractivity contribution in [2.75, 3.05) is 51.6 Å². The maximum Gasteiger partial charge on any atom is 0.363 e. The Kier molecular flexibility index (Phi) is 3.43. The number of guanidine groups is 1. The van der Waals surface area contributed by atoms with Crippen molar-refractivity contribution in [3.05, 3.63) is 0 Å². The van der Waals surface area contributed by atoms with Gasteiger partial charge >= 0.3 is 5.95 Å². The van der Waals surface area contributed by atoms with Gasteiger partial charge in [0, 0.05) is 35.2 Å². The van der Waals surface area contributed by atoms with Gasteiger partial charge in [0.2, 0.25) is 0 Å². The van der Waals surface area contributed by atoms with E-state index in [2.05, 4.69) is 15.0 Å². The second-order valence-corrected chi connectivity index (χ2v) is 4.92. The summed E-state index contributed by atoms with van der Waals surface area (Å²) in [5.41, 5.74) is 5.92. The molecule has 0 saturated carbocycles. The van der Waals surface area contributed by atoms with Crippen molar-refractivity contribution in [1.29, 1.82) is 0 Å². The summed E-state index contributed by atoms with van der Waals surface area (Å²) in [6, 6.07) is 0. The summed E-state index contributed by atoms with van der Waals surface area (Å²) in [7, 11) is 8.98. The van der Waals surface area contributed by atoms with E-state index in [0.29, 0.717) is 23.8 Å². The van der Waals surface area contributed by atoms with Crippen LogP contribution in [-0.4, -0.2) is 78.1 Å². The number of carbonyl (C=O) groups is 1. The number of amides is 1. The summed E-state index contributed by atoms with van der Waals surface area (Å²) in [5, 5.41) is 0. The van der Waals surface area contributed by atoms with Gasteiger partial charge in [-0.15, -0.1) is 0 Å². The lowest BCUT2D eigenvalue weighted by molar-refractivity contribution is -0.432. The van der Waals surface area contributed by atoms with Crippen LogP contribution in [0.5, 0.6) is 0 Å². The van der Waals surface area contributed by atoms with Crippen molar-refractivity contribution in [2.24, 2.45) is 5.73 Å². The highest BCUT2D eigenvalue weighted by Crippen LogP contribution is 2.17. The summed E-state index contributed by atoms with van der Waals surface area (Å²) in [5.74, 6) is 1.60. The van der Waals surface area contributed by atoms with E-state index in [1.54, 1.807) is 21.4 Å². The number of nitrogens with zero attached hydrogens (tertiary/aromatic N) is 7. The third-order valence-corrected chi connectivity index (χ3v) is 2.93. The Morgan fingerprint density at radius 2 is 1.60 bits per heavy atom. The zero-order valence-corrected chi connectivity index (χ0v) is 12.3. The van der Waals surface area contributed by atoms with Gasteiger partial charge in [0.25, 0.3) is 23.8 Å². The molecule has 9 nitrogen and oxygen atoms in total. The minimum absolute atomic E-state index is 0.0966. The number of hydrogen-bond donors (Lipinski definition) is 1. The summed E-state index contributed by atoms with van der Waals surface area (Å²) >= 11 is 0. The number of carbonyl (C=O) groups excluding carboxylic acids is 1. The smallest absolute Gasteiger partial charge is 0.338 e. The van der Waals surface area contributed by atoms with E-state index in [0.717, 1.165) is 0 Å². The largest absolute Gasteiger partial charge is 0.363 e. The topological polar surface area (TPSA) is 94.5 Å². The van der Waals surface area contributed by atoms with E-state index in [4.69, 9.17) is 5.73 Å². The third-order valence-electron chi connectivity index (χ3n) is 2.93. The van der Waals surface area contributed by atoms with E-state index in [9.17, 15) is 4.79 Å². The molecule has 2 N–H and O–H groups in total. The summed E-state index contributed by atoms with van der Waals surface area (Å²) in [6.45, 7) is 0.131. The second-order valence-electron chi connectivity index (χ2n) is 4.92. The standard InChI is InChI=1S/C11H18N8O/c1-16(2)9-13-10(17(3)4)15-11(14-9)19-6-7(20)18(5)8(19)12/h12H,6H2,1-5H3/p+1. The molecule has 9 heteroatoms. The molecule has 20 heavy (non-hydrogen) atoms. The Morgan fingerprint density at radius 3 is 1.95 bits per heavy atom. The molecule has 1 aliphatic heterocycles. The highest BCUT2D eigenvalue weighted by atomic mass is 16.2. The molecule has 0 bridgehead atoms. The molecule has 1 aromatic rings. The number of aromatic nitrogens is 3. The zero-order valence-electron chi connectivity index (χ0n) is 12.3. The molecule has 1 aliphatic rings. The maximum absolute atomic E-state index is 11.7. The van der Waals surface area contributed by atoms with Crippen LogP contribution in [0.1, 0.15) is 0 Å². The van der Waals surface area contributed by atoms with Crippen LogP contribution in [0.3, 0.4) is 0 Å². The van der Waals surface area contributed by atoms with Crippen molar-refractivity contribution in [3.63, 3.8) is 0 Å². The molecule has 0 fully saturated rings. The van der Waals surface area contributed by atoms with E-state index in [-0.39, 0.29) is 12.5 Å². The second kappa shape index (κ2) is 4.91. The number of likely N-dealkylation sites (N-methyl/N-ethyl adjacent to an activating group) is 1.